The fourth-order valence-electron chi connectivity index (χ4n) is 3.24. The summed E-state index contributed by atoms with van der Waals surface area (Å²) in [5.41, 5.74) is 6.10. The van der Waals surface area contributed by atoms with Gasteiger partial charge in [-0.25, -0.2) is 0 Å². The van der Waals surface area contributed by atoms with E-state index in [9.17, 15) is 14.4 Å². The maximum absolute atomic E-state index is 12.4. The second kappa shape index (κ2) is 8.15. The lowest BCUT2D eigenvalue weighted by atomic mass is 9.75. The number of H-pyrrole nitrogens is 1. The van der Waals surface area contributed by atoms with Crippen LogP contribution >= 0.6 is 12.4 Å². The summed E-state index contributed by atoms with van der Waals surface area (Å²) in [5, 5.41) is 2.80. The lowest BCUT2D eigenvalue weighted by Crippen LogP contribution is -2.43. The normalized spacial score (nSPS) is 16.8. The van der Waals surface area contributed by atoms with E-state index >= 15 is 0 Å². The third-order valence-corrected chi connectivity index (χ3v) is 4.34. The number of carbonyl (C=O) groups is 2. The Morgan fingerprint density at radius 2 is 1.96 bits per heavy atom. The number of carbonyl (C=O) groups excluding carboxylic acids is 2. The highest BCUT2D eigenvalue weighted by atomic mass is 35.5. The highest BCUT2D eigenvalue weighted by Gasteiger charge is 2.32. The van der Waals surface area contributed by atoms with Gasteiger partial charge in [0.1, 0.15) is 5.56 Å². The van der Waals surface area contributed by atoms with Crippen molar-refractivity contribution in [3.63, 3.8) is 0 Å². The van der Waals surface area contributed by atoms with E-state index in [0.717, 1.165) is 6.42 Å². The van der Waals surface area contributed by atoms with Gasteiger partial charge in [-0.2, -0.15) is 0 Å². The van der Waals surface area contributed by atoms with Gasteiger partial charge < -0.3 is 16.0 Å². The smallest absolute Gasteiger partial charge is 0.261 e. The van der Waals surface area contributed by atoms with Crippen molar-refractivity contribution in [2.75, 3.05) is 6.54 Å². The molecule has 0 saturated carbocycles. The fourth-order valence-corrected chi connectivity index (χ4v) is 3.24. The van der Waals surface area contributed by atoms with Crippen molar-refractivity contribution >= 4 is 24.1 Å². The van der Waals surface area contributed by atoms with E-state index in [4.69, 9.17) is 5.73 Å². The predicted octanol–water partition coefficient (Wildman–Crippen LogP) is 2.05. The van der Waals surface area contributed by atoms with Gasteiger partial charge in [0.25, 0.3) is 11.5 Å². The number of halogens is 1. The first-order valence-corrected chi connectivity index (χ1v) is 8.43. The molecule has 1 aromatic rings. The summed E-state index contributed by atoms with van der Waals surface area (Å²) in [6.45, 7) is 8.37. The molecule has 0 spiro atoms. The van der Waals surface area contributed by atoms with Gasteiger partial charge in [-0.1, -0.05) is 27.7 Å². The van der Waals surface area contributed by atoms with Gasteiger partial charge in [-0.3, -0.25) is 14.4 Å². The van der Waals surface area contributed by atoms with Gasteiger partial charge in [0.05, 0.1) is 0 Å². The Balaban J connectivity index is 0.00000312. The molecule has 1 aromatic heterocycles. The topological polar surface area (TPSA) is 105 Å². The van der Waals surface area contributed by atoms with Gasteiger partial charge in [0.2, 0.25) is 0 Å². The molecule has 4 N–H and O–H groups in total. The third-order valence-electron chi connectivity index (χ3n) is 4.34. The number of amides is 1. The number of Topliss-reactive ketones (excluding diaryl/α,β-unsaturated/α-hetero) is 1. The van der Waals surface area contributed by atoms with Gasteiger partial charge >= 0.3 is 0 Å². The lowest BCUT2D eigenvalue weighted by Gasteiger charge is -2.29. The molecule has 1 unspecified atom stereocenters. The Hall–Kier alpha value is -1.66. The Bertz CT molecular complexity index is 710. The highest BCUT2D eigenvalue weighted by Crippen LogP contribution is 2.33. The van der Waals surface area contributed by atoms with Crippen molar-refractivity contribution in [1.29, 1.82) is 0 Å². The average Bonchev–Trinajstić information content (AvgIpc) is 2.43. The first-order valence-electron chi connectivity index (χ1n) is 8.43. The molecule has 2 rings (SSSR count). The first kappa shape index (κ1) is 21.4. The van der Waals surface area contributed by atoms with Crippen LogP contribution in [-0.2, 0) is 6.42 Å². The summed E-state index contributed by atoms with van der Waals surface area (Å²) in [4.78, 5) is 39.8. The monoisotopic (exact) mass is 369 g/mol. The van der Waals surface area contributed by atoms with Crippen LogP contribution in [-0.4, -0.2) is 29.3 Å². The molecule has 140 valence electrons. The van der Waals surface area contributed by atoms with Crippen LogP contribution in [0.25, 0.3) is 0 Å². The van der Waals surface area contributed by atoms with E-state index in [1.807, 2.05) is 27.7 Å². The molecule has 0 fully saturated rings. The van der Waals surface area contributed by atoms with Crippen LogP contribution in [0.1, 0.15) is 66.9 Å². The lowest BCUT2D eigenvalue weighted by molar-refractivity contribution is 0.0910. The van der Waals surface area contributed by atoms with E-state index in [1.54, 1.807) is 0 Å². The van der Waals surface area contributed by atoms with Crippen molar-refractivity contribution in [2.24, 2.45) is 17.1 Å². The summed E-state index contributed by atoms with van der Waals surface area (Å²) in [6, 6.07) is 1.24. The molecule has 0 saturated heterocycles. The van der Waals surface area contributed by atoms with Crippen molar-refractivity contribution in [3.05, 3.63) is 33.2 Å². The van der Waals surface area contributed by atoms with E-state index < -0.39 is 11.5 Å². The number of pyridine rings is 1. The minimum absolute atomic E-state index is 0. The van der Waals surface area contributed by atoms with Crippen molar-refractivity contribution in [1.82, 2.24) is 10.3 Å². The maximum Gasteiger partial charge on any atom is 0.261 e. The van der Waals surface area contributed by atoms with Crippen LogP contribution in [0.3, 0.4) is 0 Å². The zero-order valence-electron chi connectivity index (χ0n) is 15.3. The van der Waals surface area contributed by atoms with Gasteiger partial charge in [0, 0.05) is 30.3 Å². The second-order valence-electron chi connectivity index (χ2n) is 7.88. The van der Waals surface area contributed by atoms with Gasteiger partial charge in [-0.15, -0.1) is 12.4 Å². The molecule has 1 heterocycles. The fraction of sp³-hybridized carbons (Fsp3) is 0.611. The molecule has 0 aliphatic heterocycles. The SMILES string of the molecule is CC(C)CC(CN)NC(=O)c1cc2c([nH]c1=O)CC(C)(C)CC2=O.Cl. The number of hydrogen-bond donors (Lipinski definition) is 3. The van der Waals surface area contributed by atoms with E-state index in [1.165, 1.54) is 6.07 Å². The van der Waals surface area contributed by atoms with Crippen molar-refractivity contribution < 1.29 is 9.59 Å². The van der Waals surface area contributed by atoms with Crippen LogP contribution in [0.5, 0.6) is 0 Å². The van der Waals surface area contributed by atoms with E-state index in [0.29, 0.717) is 36.6 Å². The molecule has 25 heavy (non-hydrogen) atoms. The minimum Gasteiger partial charge on any atom is -0.348 e. The van der Waals surface area contributed by atoms with Crippen LogP contribution in [0.4, 0.5) is 0 Å². The molecule has 1 amide bonds. The molecule has 0 bridgehead atoms. The maximum atomic E-state index is 12.4. The number of ketones is 1. The van der Waals surface area contributed by atoms with E-state index in [-0.39, 0.29) is 35.2 Å². The largest absolute Gasteiger partial charge is 0.348 e. The zero-order chi connectivity index (χ0) is 18.1. The Kier molecular flexibility index (Phi) is 6.97. The number of hydrogen-bond acceptors (Lipinski definition) is 4. The molecule has 1 aliphatic carbocycles. The standard InChI is InChI=1S/C18H27N3O3.ClH/c1-10(2)5-11(9-19)20-16(23)13-6-12-14(21-17(13)24)7-18(3,4)8-15(12)22;/h6,10-11H,5,7-9,19H2,1-4H3,(H,20,23)(H,21,24);1H. The number of aromatic amines is 1. The third kappa shape index (κ3) is 5.16. The first-order chi connectivity index (χ1) is 11.1. The number of fused-ring (bicyclic) bond motifs is 1. The zero-order valence-corrected chi connectivity index (χ0v) is 16.1. The molecule has 0 aromatic carbocycles. The van der Waals surface area contributed by atoms with Crippen molar-refractivity contribution in [3.8, 4) is 0 Å². The molecular formula is C18H28ClN3O3. The summed E-state index contributed by atoms with van der Waals surface area (Å²) in [5.74, 6) is -0.138. The van der Waals surface area contributed by atoms with E-state index in [2.05, 4.69) is 10.3 Å². The Morgan fingerprint density at radius 3 is 2.52 bits per heavy atom. The molecule has 1 aliphatic rings. The summed E-state index contributed by atoms with van der Waals surface area (Å²) >= 11 is 0. The summed E-state index contributed by atoms with van der Waals surface area (Å²) < 4.78 is 0. The minimum atomic E-state index is -0.479. The van der Waals surface area contributed by atoms with Crippen LogP contribution in [0, 0.1) is 11.3 Å². The molecule has 1 atom stereocenters. The summed E-state index contributed by atoms with van der Waals surface area (Å²) in [6.07, 6.45) is 1.76. The molecular weight excluding hydrogens is 342 g/mol. The molecule has 6 nitrogen and oxygen atoms in total. The van der Waals surface area contributed by atoms with Gasteiger partial charge in [-0.05, 0) is 30.2 Å². The predicted molar refractivity (Wildman–Crippen MR) is 101 cm³/mol. The number of aromatic nitrogens is 1. The highest BCUT2D eigenvalue weighted by molar-refractivity contribution is 6.02. The quantitative estimate of drug-likeness (QED) is 0.738. The average molecular weight is 370 g/mol. The van der Waals surface area contributed by atoms with Crippen LogP contribution in [0.15, 0.2) is 10.9 Å². The van der Waals surface area contributed by atoms with Gasteiger partial charge in [0.15, 0.2) is 5.78 Å². The number of rotatable bonds is 5. The van der Waals surface area contributed by atoms with Crippen molar-refractivity contribution in [2.45, 2.75) is 53.0 Å². The number of nitrogens with two attached hydrogens (primary N) is 1. The second-order valence-corrected chi connectivity index (χ2v) is 7.88. The number of nitrogens with one attached hydrogen (secondary N) is 2. The van der Waals surface area contributed by atoms with Crippen LogP contribution in [0.2, 0.25) is 0 Å². The van der Waals surface area contributed by atoms with Crippen LogP contribution < -0.4 is 16.6 Å². The summed E-state index contributed by atoms with van der Waals surface area (Å²) in [7, 11) is 0. The molecule has 7 heteroatoms. The molecule has 0 radical (unpaired) electrons. The Morgan fingerprint density at radius 1 is 1.32 bits per heavy atom. The Labute approximate surface area is 154 Å².